The Morgan fingerprint density at radius 2 is 1.34 bits per heavy atom. The van der Waals surface area contributed by atoms with Crippen LogP contribution in [0.3, 0.4) is 0 Å². The number of nitrogens with one attached hydrogen (secondary N) is 2. The number of sulfonamides is 1. The van der Waals surface area contributed by atoms with Gasteiger partial charge >= 0.3 is 5.97 Å². The van der Waals surface area contributed by atoms with Crippen molar-refractivity contribution < 1.29 is 22.7 Å². The summed E-state index contributed by atoms with van der Waals surface area (Å²) in [6, 6.07) is 5.97. The van der Waals surface area contributed by atoms with Crippen LogP contribution in [0.15, 0.2) is 29.2 Å². The summed E-state index contributed by atoms with van der Waals surface area (Å²) >= 11 is 0. The second-order valence-electron chi connectivity index (χ2n) is 6.90. The smallest absolute Gasteiger partial charge is 0.325 e. The van der Waals surface area contributed by atoms with Gasteiger partial charge in [-0.25, -0.2) is 8.42 Å². The molecule has 0 aliphatic carbocycles. The number of methoxy groups -OCH3 is 1. The van der Waals surface area contributed by atoms with E-state index in [-0.39, 0.29) is 11.4 Å². The van der Waals surface area contributed by atoms with E-state index in [0.29, 0.717) is 11.3 Å². The predicted molar refractivity (Wildman–Crippen MR) is 112 cm³/mol. The lowest BCUT2D eigenvalue weighted by molar-refractivity contribution is -0.139. The topological polar surface area (TPSA) is 102 Å². The molecule has 2 rings (SSSR count). The van der Waals surface area contributed by atoms with Crippen molar-refractivity contribution in [1.29, 1.82) is 0 Å². The van der Waals surface area contributed by atoms with Gasteiger partial charge in [-0.15, -0.1) is 0 Å². The van der Waals surface area contributed by atoms with E-state index in [2.05, 4.69) is 14.8 Å². The molecule has 7 nitrogen and oxygen atoms in total. The fourth-order valence-electron chi connectivity index (χ4n) is 3.09. The lowest BCUT2D eigenvalue weighted by atomic mass is 9.95. The number of esters is 1. The first kappa shape index (κ1) is 22.4. The number of anilines is 1. The van der Waals surface area contributed by atoms with Crippen molar-refractivity contribution in [3.8, 4) is 0 Å². The zero-order chi connectivity index (χ0) is 21.9. The van der Waals surface area contributed by atoms with Crippen LogP contribution in [0.2, 0.25) is 0 Å². The van der Waals surface area contributed by atoms with Crippen LogP contribution in [-0.4, -0.2) is 33.9 Å². The third-order valence-electron chi connectivity index (χ3n) is 5.22. The summed E-state index contributed by atoms with van der Waals surface area (Å²) in [5.41, 5.74) is 5.06. The van der Waals surface area contributed by atoms with E-state index in [1.807, 2.05) is 20.8 Å². The minimum atomic E-state index is -3.81. The van der Waals surface area contributed by atoms with E-state index in [0.717, 1.165) is 27.8 Å². The highest BCUT2D eigenvalue weighted by Crippen LogP contribution is 2.30. The highest BCUT2D eigenvalue weighted by atomic mass is 32.2. The van der Waals surface area contributed by atoms with Crippen LogP contribution in [0.5, 0.6) is 0 Å². The van der Waals surface area contributed by atoms with Crippen molar-refractivity contribution in [1.82, 2.24) is 5.32 Å². The van der Waals surface area contributed by atoms with E-state index in [1.165, 1.54) is 31.4 Å². The van der Waals surface area contributed by atoms with Crippen molar-refractivity contribution in [2.24, 2.45) is 0 Å². The molecule has 29 heavy (non-hydrogen) atoms. The number of ether oxygens (including phenoxy) is 1. The summed E-state index contributed by atoms with van der Waals surface area (Å²) in [6.45, 7) is 9.18. The molecule has 0 atom stereocenters. The highest BCUT2D eigenvalue weighted by molar-refractivity contribution is 7.92. The highest BCUT2D eigenvalue weighted by Gasteiger charge is 2.23. The van der Waals surface area contributed by atoms with Gasteiger partial charge in [0.1, 0.15) is 6.54 Å². The number of hydrogen-bond donors (Lipinski definition) is 2. The number of rotatable bonds is 6. The van der Waals surface area contributed by atoms with Gasteiger partial charge in [0.15, 0.2) is 0 Å². The Hall–Kier alpha value is -2.87. The molecule has 0 bridgehead atoms. The second kappa shape index (κ2) is 8.65. The molecule has 156 valence electrons. The number of carbonyl (C=O) groups is 2. The molecule has 2 aromatic carbocycles. The summed E-state index contributed by atoms with van der Waals surface area (Å²) < 4.78 is 33.1. The van der Waals surface area contributed by atoms with Gasteiger partial charge in [0.05, 0.1) is 12.0 Å². The molecular formula is C21H26N2O5S. The number of hydrogen-bond acceptors (Lipinski definition) is 5. The standard InChI is InChI=1S/C21H26N2O5S/c1-12-13(2)15(4)20(16(5)14(12)3)29(26,27)23-18-9-7-17(8-10-18)21(25)22-11-19(24)28-6/h7-10,23H,11H2,1-6H3,(H,22,25). The molecule has 2 N–H and O–H groups in total. The minimum Gasteiger partial charge on any atom is -0.468 e. The molecule has 8 heteroatoms. The van der Waals surface area contributed by atoms with Gasteiger partial charge < -0.3 is 10.1 Å². The largest absolute Gasteiger partial charge is 0.468 e. The average Bonchev–Trinajstić information content (AvgIpc) is 2.68. The summed E-state index contributed by atoms with van der Waals surface area (Å²) in [5, 5.41) is 2.42. The van der Waals surface area contributed by atoms with Gasteiger partial charge in [-0.1, -0.05) is 0 Å². The fraction of sp³-hybridized carbons (Fsp3) is 0.333. The molecule has 0 saturated carbocycles. The van der Waals surface area contributed by atoms with Crippen molar-refractivity contribution in [3.63, 3.8) is 0 Å². The monoisotopic (exact) mass is 418 g/mol. The number of carbonyl (C=O) groups excluding carboxylic acids is 2. The molecule has 1 amide bonds. The van der Waals surface area contributed by atoms with E-state index >= 15 is 0 Å². The Bertz CT molecular complexity index is 1030. The summed E-state index contributed by atoms with van der Waals surface area (Å²) in [7, 11) is -2.57. The van der Waals surface area contributed by atoms with Crippen LogP contribution in [0, 0.1) is 34.6 Å². The lowest BCUT2D eigenvalue weighted by Gasteiger charge is -2.19. The second-order valence-corrected chi connectivity index (χ2v) is 8.52. The van der Waals surface area contributed by atoms with Crippen LogP contribution < -0.4 is 10.0 Å². The first-order valence-electron chi connectivity index (χ1n) is 9.04. The number of amides is 1. The van der Waals surface area contributed by atoms with Crippen molar-refractivity contribution in [2.45, 2.75) is 39.5 Å². The maximum absolute atomic E-state index is 13.0. The van der Waals surface area contributed by atoms with Crippen molar-refractivity contribution in [3.05, 3.63) is 57.6 Å². The molecule has 0 unspecified atom stereocenters. The summed E-state index contributed by atoms with van der Waals surface area (Å²) in [6.07, 6.45) is 0. The number of benzene rings is 2. The molecule has 0 fully saturated rings. The third kappa shape index (κ3) is 4.76. The first-order valence-corrected chi connectivity index (χ1v) is 10.5. The Morgan fingerprint density at radius 1 is 0.862 bits per heavy atom. The van der Waals surface area contributed by atoms with Gasteiger partial charge in [0.25, 0.3) is 15.9 Å². The van der Waals surface area contributed by atoms with Gasteiger partial charge in [-0.2, -0.15) is 0 Å². The Kier molecular flexibility index (Phi) is 6.69. The fourth-order valence-corrected chi connectivity index (χ4v) is 4.75. The first-order chi connectivity index (χ1) is 13.5. The minimum absolute atomic E-state index is 0.242. The zero-order valence-electron chi connectivity index (χ0n) is 17.5. The Morgan fingerprint density at radius 3 is 1.83 bits per heavy atom. The molecular weight excluding hydrogens is 392 g/mol. The van der Waals surface area contributed by atoms with E-state index < -0.39 is 21.9 Å². The van der Waals surface area contributed by atoms with Crippen LogP contribution in [0.1, 0.15) is 38.2 Å². The molecule has 2 aromatic rings. The zero-order valence-corrected chi connectivity index (χ0v) is 18.3. The van der Waals surface area contributed by atoms with E-state index in [1.54, 1.807) is 13.8 Å². The van der Waals surface area contributed by atoms with Gasteiger partial charge in [-0.3, -0.25) is 14.3 Å². The maximum atomic E-state index is 13.0. The van der Waals surface area contributed by atoms with Gasteiger partial charge in [0.2, 0.25) is 0 Å². The summed E-state index contributed by atoms with van der Waals surface area (Å²) in [4.78, 5) is 23.4. The Labute approximate surface area is 171 Å². The molecule has 0 heterocycles. The molecule has 0 aromatic heterocycles. The van der Waals surface area contributed by atoms with Gasteiger partial charge in [0, 0.05) is 11.3 Å². The SMILES string of the molecule is COC(=O)CNC(=O)c1ccc(NS(=O)(=O)c2c(C)c(C)c(C)c(C)c2C)cc1. The van der Waals surface area contributed by atoms with Crippen LogP contribution >= 0.6 is 0 Å². The summed E-state index contributed by atoms with van der Waals surface area (Å²) in [5.74, 6) is -1.02. The van der Waals surface area contributed by atoms with Crippen molar-refractivity contribution >= 4 is 27.6 Å². The maximum Gasteiger partial charge on any atom is 0.325 e. The van der Waals surface area contributed by atoms with E-state index in [9.17, 15) is 18.0 Å². The van der Waals surface area contributed by atoms with Crippen LogP contribution in [-0.2, 0) is 19.6 Å². The van der Waals surface area contributed by atoms with Crippen LogP contribution in [0.4, 0.5) is 5.69 Å². The normalized spacial score (nSPS) is 11.1. The average molecular weight is 419 g/mol. The molecule has 0 spiro atoms. The predicted octanol–water partition coefficient (Wildman–Crippen LogP) is 2.93. The lowest BCUT2D eigenvalue weighted by Crippen LogP contribution is -2.30. The molecule has 0 aliphatic rings. The molecule has 0 aliphatic heterocycles. The molecule has 0 radical (unpaired) electrons. The Balaban J connectivity index is 2.26. The van der Waals surface area contributed by atoms with Crippen molar-refractivity contribution in [2.75, 3.05) is 18.4 Å². The quantitative estimate of drug-likeness (QED) is 0.703. The molecule has 0 saturated heterocycles. The van der Waals surface area contributed by atoms with E-state index in [4.69, 9.17) is 0 Å². The van der Waals surface area contributed by atoms with Gasteiger partial charge in [-0.05, 0) is 86.7 Å². The van der Waals surface area contributed by atoms with Crippen LogP contribution in [0.25, 0.3) is 0 Å². The third-order valence-corrected chi connectivity index (χ3v) is 6.87.